The van der Waals surface area contributed by atoms with Crippen molar-refractivity contribution in [1.29, 1.82) is 0 Å². The number of carbonyl (C=O) groups excluding carboxylic acids is 2. The molecule has 0 saturated carbocycles. The van der Waals surface area contributed by atoms with Crippen LogP contribution in [0.1, 0.15) is 22.8 Å². The topological polar surface area (TPSA) is 49.4 Å². The van der Waals surface area contributed by atoms with Crippen LogP contribution in [0, 0.1) is 12.7 Å². The number of nitrogens with one attached hydrogen (secondary N) is 1. The molecule has 2 aromatic carbocycles. The van der Waals surface area contributed by atoms with Gasteiger partial charge in [-0.15, -0.1) is 0 Å². The van der Waals surface area contributed by atoms with Crippen molar-refractivity contribution in [2.45, 2.75) is 13.8 Å². The van der Waals surface area contributed by atoms with Crippen molar-refractivity contribution < 1.29 is 14.0 Å². The molecular formula is C18H18BrFN2O2. The minimum absolute atomic E-state index is 0.00769. The van der Waals surface area contributed by atoms with Crippen LogP contribution in [0.3, 0.4) is 0 Å². The molecule has 0 aromatic heterocycles. The van der Waals surface area contributed by atoms with Gasteiger partial charge in [-0.1, -0.05) is 28.1 Å². The van der Waals surface area contributed by atoms with E-state index in [0.717, 1.165) is 15.7 Å². The van der Waals surface area contributed by atoms with Gasteiger partial charge in [-0.3, -0.25) is 9.59 Å². The van der Waals surface area contributed by atoms with Crippen LogP contribution in [0.25, 0.3) is 0 Å². The summed E-state index contributed by atoms with van der Waals surface area (Å²) in [5.74, 6) is -1.19. The predicted octanol–water partition coefficient (Wildman–Crippen LogP) is 3.68. The van der Waals surface area contributed by atoms with Gasteiger partial charge < -0.3 is 10.2 Å². The minimum Gasteiger partial charge on any atom is -0.350 e. The van der Waals surface area contributed by atoms with Crippen molar-refractivity contribution >= 4 is 33.4 Å². The molecule has 2 rings (SSSR count). The lowest BCUT2D eigenvalue weighted by molar-refractivity contribution is -0.116. The van der Waals surface area contributed by atoms with E-state index in [2.05, 4.69) is 21.2 Å². The molecule has 6 heteroatoms. The molecule has 0 aliphatic carbocycles. The highest BCUT2D eigenvalue weighted by Gasteiger charge is 2.15. The van der Waals surface area contributed by atoms with Crippen molar-refractivity contribution in [2.24, 2.45) is 0 Å². The SMILES string of the molecule is CC(=O)N(CCNC(=O)c1ccccc1F)c1ccc(Br)cc1C. The Bertz CT molecular complexity index is 764. The summed E-state index contributed by atoms with van der Waals surface area (Å²) in [5, 5.41) is 2.64. The van der Waals surface area contributed by atoms with Crippen molar-refractivity contribution in [3.63, 3.8) is 0 Å². The highest BCUT2D eigenvalue weighted by Crippen LogP contribution is 2.23. The summed E-state index contributed by atoms with van der Waals surface area (Å²) >= 11 is 3.39. The van der Waals surface area contributed by atoms with Crippen LogP contribution in [-0.4, -0.2) is 24.9 Å². The van der Waals surface area contributed by atoms with Crippen molar-refractivity contribution in [1.82, 2.24) is 5.32 Å². The molecule has 126 valence electrons. The molecule has 24 heavy (non-hydrogen) atoms. The number of carbonyl (C=O) groups is 2. The molecule has 0 atom stereocenters. The summed E-state index contributed by atoms with van der Waals surface area (Å²) in [6.45, 7) is 3.91. The molecule has 0 heterocycles. The Morgan fingerprint density at radius 2 is 1.92 bits per heavy atom. The van der Waals surface area contributed by atoms with Gasteiger partial charge in [0.2, 0.25) is 5.91 Å². The third-order valence-electron chi connectivity index (χ3n) is 3.57. The summed E-state index contributed by atoms with van der Waals surface area (Å²) in [7, 11) is 0. The second-order valence-electron chi connectivity index (χ2n) is 5.34. The number of amides is 2. The van der Waals surface area contributed by atoms with Crippen LogP contribution >= 0.6 is 15.9 Å². The van der Waals surface area contributed by atoms with Crippen LogP contribution in [0.4, 0.5) is 10.1 Å². The highest BCUT2D eigenvalue weighted by atomic mass is 79.9. The van der Waals surface area contributed by atoms with Crippen LogP contribution in [-0.2, 0) is 4.79 Å². The molecule has 0 saturated heterocycles. The average molecular weight is 393 g/mol. The minimum atomic E-state index is -0.567. The molecular weight excluding hydrogens is 375 g/mol. The number of aryl methyl sites for hydroxylation is 1. The Morgan fingerprint density at radius 1 is 1.21 bits per heavy atom. The molecule has 0 aliphatic heterocycles. The van der Waals surface area contributed by atoms with Gasteiger partial charge in [0.05, 0.1) is 5.56 Å². The zero-order valence-electron chi connectivity index (χ0n) is 13.5. The van der Waals surface area contributed by atoms with E-state index in [9.17, 15) is 14.0 Å². The second kappa shape index (κ2) is 8.06. The molecule has 0 aliphatic rings. The van der Waals surface area contributed by atoms with E-state index in [4.69, 9.17) is 0 Å². The Labute approximate surface area is 148 Å². The normalized spacial score (nSPS) is 10.3. The smallest absolute Gasteiger partial charge is 0.254 e. The average Bonchev–Trinajstić information content (AvgIpc) is 2.52. The molecule has 1 N–H and O–H groups in total. The maximum Gasteiger partial charge on any atom is 0.254 e. The molecule has 0 fully saturated rings. The van der Waals surface area contributed by atoms with E-state index in [1.807, 2.05) is 25.1 Å². The van der Waals surface area contributed by atoms with E-state index in [0.29, 0.717) is 6.54 Å². The fourth-order valence-electron chi connectivity index (χ4n) is 2.39. The van der Waals surface area contributed by atoms with E-state index >= 15 is 0 Å². The third kappa shape index (κ3) is 4.41. The standard InChI is InChI=1S/C18H18BrFN2O2/c1-12-11-14(19)7-8-17(12)22(13(2)23)10-9-21-18(24)15-5-3-4-6-16(15)20/h3-8,11H,9-10H2,1-2H3,(H,21,24). The molecule has 2 amide bonds. The van der Waals surface area contributed by atoms with E-state index in [1.165, 1.54) is 25.1 Å². The quantitative estimate of drug-likeness (QED) is 0.843. The number of halogens is 2. The summed E-state index contributed by atoms with van der Waals surface area (Å²) < 4.78 is 14.5. The first-order chi connectivity index (χ1) is 11.4. The van der Waals surface area contributed by atoms with E-state index in [1.54, 1.807) is 11.0 Å². The first-order valence-electron chi connectivity index (χ1n) is 7.47. The van der Waals surface area contributed by atoms with Gasteiger partial charge in [-0.05, 0) is 42.8 Å². The Kier molecular flexibility index (Phi) is 6.09. The van der Waals surface area contributed by atoms with Gasteiger partial charge in [0, 0.05) is 30.2 Å². The maximum absolute atomic E-state index is 13.6. The van der Waals surface area contributed by atoms with Crippen LogP contribution < -0.4 is 10.2 Å². The zero-order chi connectivity index (χ0) is 17.7. The summed E-state index contributed by atoms with van der Waals surface area (Å²) in [4.78, 5) is 25.5. The van der Waals surface area contributed by atoms with Crippen LogP contribution in [0.2, 0.25) is 0 Å². The molecule has 2 aromatic rings. The summed E-state index contributed by atoms with van der Waals surface area (Å²) in [6.07, 6.45) is 0. The summed E-state index contributed by atoms with van der Waals surface area (Å²) in [5.41, 5.74) is 1.72. The van der Waals surface area contributed by atoms with Gasteiger partial charge in [0.25, 0.3) is 5.91 Å². The maximum atomic E-state index is 13.6. The second-order valence-corrected chi connectivity index (χ2v) is 6.25. The third-order valence-corrected chi connectivity index (χ3v) is 4.06. The van der Waals surface area contributed by atoms with Crippen LogP contribution in [0.5, 0.6) is 0 Å². The van der Waals surface area contributed by atoms with Crippen molar-refractivity contribution in [2.75, 3.05) is 18.0 Å². The lowest BCUT2D eigenvalue weighted by atomic mass is 10.1. The number of nitrogens with zero attached hydrogens (tertiary/aromatic N) is 1. The Balaban J connectivity index is 2.04. The van der Waals surface area contributed by atoms with Crippen molar-refractivity contribution in [3.8, 4) is 0 Å². The number of benzene rings is 2. The highest BCUT2D eigenvalue weighted by molar-refractivity contribution is 9.10. The first-order valence-corrected chi connectivity index (χ1v) is 8.26. The fraction of sp³-hybridized carbons (Fsp3) is 0.222. The molecule has 0 radical (unpaired) electrons. The van der Waals surface area contributed by atoms with Gasteiger partial charge in [0.15, 0.2) is 0 Å². The Hall–Kier alpha value is -2.21. The predicted molar refractivity (Wildman–Crippen MR) is 95.6 cm³/mol. The summed E-state index contributed by atoms with van der Waals surface area (Å²) in [6, 6.07) is 11.4. The largest absolute Gasteiger partial charge is 0.350 e. The Morgan fingerprint density at radius 3 is 2.54 bits per heavy atom. The number of anilines is 1. The van der Waals surface area contributed by atoms with Crippen molar-refractivity contribution in [3.05, 3.63) is 63.9 Å². The first kappa shape index (κ1) is 18.1. The van der Waals surface area contributed by atoms with Gasteiger partial charge in [-0.2, -0.15) is 0 Å². The molecule has 0 spiro atoms. The number of rotatable bonds is 5. The molecule has 0 unspecified atom stereocenters. The number of hydrogen-bond acceptors (Lipinski definition) is 2. The molecule has 4 nitrogen and oxygen atoms in total. The van der Waals surface area contributed by atoms with E-state index < -0.39 is 11.7 Å². The lowest BCUT2D eigenvalue weighted by Crippen LogP contribution is -2.38. The monoisotopic (exact) mass is 392 g/mol. The molecule has 0 bridgehead atoms. The number of hydrogen-bond donors (Lipinski definition) is 1. The van der Waals surface area contributed by atoms with Gasteiger partial charge in [-0.25, -0.2) is 4.39 Å². The van der Waals surface area contributed by atoms with E-state index in [-0.39, 0.29) is 18.0 Å². The zero-order valence-corrected chi connectivity index (χ0v) is 15.1. The fourth-order valence-corrected chi connectivity index (χ4v) is 2.87. The van der Waals surface area contributed by atoms with Gasteiger partial charge in [0.1, 0.15) is 5.82 Å². The lowest BCUT2D eigenvalue weighted by Gasteiger charge is -2.23. The van der Waals surface area contributed by atoms with Gasteiger partial charge >= 0.3 is 0 Å². The van der Waals surface area contributed by atoms with Crippen LogP contribution in [0.15, 0.2) is 46.9 Å².